The number of aromatic amines is 3. The van der Waals surface area contributed by atoms with Crippen LogP contribution in [0.25, 0.3) is 99.8 Å². The fourth-order valence-electron chi connectivity index (χ4n) is 16.8. The minimum Gasteiger partial charge on any atom is -0.493 e. The number of fused-ring (bicyclic) bond motifs is 5. The van der Waals surface area contributed by atoms with Crippen molar-refractivity contribution in [2.75, 3.05) is 119 Å². The normalized spacial score (nSPS) is 13.8. The Morgan fingerprint density at radius 2 is 0.789 bits per heavy atom. The van der Waals surface area contributed by atoms with Gasteiger partial charge in [-0.15, -0.1) is 14.2 Å². The lowest BCUT2D eigenvalue weighted by Gasteiger charge is -2.36. The fourth-order valence-corrected chi connectivity index (χ4v) is 18.1. The van der Waals surface area contributed by atoms with Crippen LogP contribution in [0.4, 0.5) is 22.7 Å². The highest BCUT2D eigenvalue weighted by molar-refractivity contribution is 7.95. The molecular formula is C102H92N18O10S3. The summed E-state index contributed by atoms with van der Waals surface area (Å²) in [7, 11) is 4.11. The molecule has 0 bridgehead atoms. The first-order valence-electron chi connectivity index (χ1n) is 43.7. The van der Waals surface area contributed by atoms with Crippen molar-refractivity contribution in [3.05, 3.63) is 358 Å². The lowest BCUT2D eigenvalue weighted by molar-refractivity contribution is -0.188. The molecule has 23 rings (SSSR count). The molecule has 19 aromatic rings. The number of pyridine rings is 4. The summed E-state index contributed by atoms with van der Waals surface area (Å²) >= 11 is 3.43. The van der Waals surface area contributed by atoms with Gasteiger partial charge in [-0.2, -0.15) is 15.3 Å². The summed E-state index contributed by atoms with van der Waals surface area (Å²) in [4.78, 5) is 50.9. The van der Waals surface area contributed by atoms with Gasteiger partial charge in [0.15, 0.2) is 16.9 Å². The van der Waals surface area contributed by atoms with E-state index in [1.54, 1.807) is 17.1 Å². The van der Waals surface area contributed by atoms with Gasteiger partial charge in [-0.05, 0) is 118 Å². The molecule has 0 radical (unpaired) electrons. The van der Waals surface area contributed by atoms with Crippen molar-refractivity contribution in [3.63, 3.8) is 0 Å². The molecule has 0 aliphatic carbocycles. The van der Waals surface area contributed by atoms with Crippen LogP contribution in [0.1, 0.15) is 22.3 Å². The number of nitrogens with zero attached hydrogens (tertiary/aromatic N) is 15. The summed E-state index contributed by atoms with van der Waals surface area (Å²) in [5, 5.41) is 23.0. The van der Waals surface area contributed by atoms with Crippen LogP contribution in [0.2, 0.25) is 0 Å². The molecule has 0 unspecified atom stereocenters. The van der Waals surface area contributed by atoms with Gasteiger partial charge in [0.2, 0.25) is 0 Å². The second-order valence-corrected chi connectivity index (χ2v) is 34.2. The number of ether oxygens (including phenoxy) is 4. The summed E-state index contributed by atoms with van der Waals surface area (Å²) in [6.45, 7) is 10.3. The lowest BCUT2D eigenvalue weighted by atomic mass is 9.77. The van der Waals surface area contributed by atoms with Crippen molar-refractivity contribution in [1.82, 2.24) is 69.3 Å². The fraction of sp³-hybridized carbons (Fsp3) is 0.167. The van der Waals surface area contributed by atoms with E-state index in [1.807, 2.05) is 177 Å². The van der Waals surface area contributed by atoms with Crippen LogP contribution >= 0.6 is 36.1 Å². The van der Waals surface area contributed by atoms with E-state index in [2.05, 4.69) is 220 Å². The Labute approximate surface area is 779 Å². The zero-order chi connectivity index (χ0) is 89.5. The summed E-state index contributed by atoms with van der Waals surface area (Å²) in [5.74, 6) is 0.967. The maximum absolute atomic E-state index is 5.85. The monoisotopic (exact) mass is 1820 g/mol. The first-order valence-corrected chi connectivity index (χ1v) is 45.9. The Bertz CT molecular complexity index is 6930. The quantitative estimate of drug-likeness (QED) is 0.0208. The van der Waals surface area contributed by atoms with E-state index < -0.39 is 5.54 Å². The van der Waals surface area contributed by atoms with Crippen molar-refractivity contribution < 1.29 is 46.9 Å². The number of H-pyrrole nitrogens is 3. The molecule has 28 nitrogen and oxygen atoms in total. The van der Waals surface area contributed by atoms with Crippen molar-refractivity contribution >= 4 is 103 Å². The highest BCUT2D eigenvalue weighted by Gasteiger charge is 2.40. The third kappa shape index (κ3) is 19.3. The Morgan fingerprint density at radius 1 is 0.368 bits per heavy atom. The van der Waals surface area contributed by atoms with Crippen LogP contribution < -0.4 is 39.3 Å². The Hall–Kier alpha value is -14.6. The number of aromatic nitrogens is 14. The molecule has 3 saturated heterocycles. The topological polar surface area (TPSA) is 263 Å². The van der Waals surface area contributed by atoms with Gasteiger partial charge in [0.25, 0.3) is 0 Å². The molecule has 133 heavy (non-hydrogen) atoms. The van der Waals surface area contributed by atoms with Gasteiger partial charge in [0.1, 0.15) is 16.9 Å². The molecule has 15 heterocycles. The Balaban J connectivity index is 0.000000114. The predicted molar refractivity (Wildman–Crippen MR) is 520 cm³/mol. The molecule has 3 N–H and O–H groups in total. The minimum absolute atomic E-state index is 0.642. The van der Waals surface area contributed by atoms with Gasteiger partial charge in [-0.3, -0.25) is 14.9 Å². The van der Waals surface area contributed by atoms with Gasteiger partial charge in [-0.1, -0.05) is 177 Å². The van der Waals surface area contributed by atoms with E-state index in [4.69, 9.17) is 62.0 Å². The van der Waals surface area contributed by atoms with Crippen molar-refractivity contribution in [3.8, 4) is 61.4 Å². The van der Waals surface area contributed by atoms with Crippen LogP contribution in [-0.4, -0.2) is 169 Å². The molecule has 31 heteroatoms. The van der Waals surface area contributed by atoms with Crippen LogP contribution in [-0.2, 0) is 39.2 Å². The third-order valence-corrected chi connectivity index (χ3v) is 25.3. The number of rotatable bonds is 25. The number of nitrogens with one attached hydrogen (secondary N) is 3. The summed E-state index contributed by atoms with van der Waals surface area (Å²) in [6, 6.07) is 84.4. The van der Waals surface area contributed by atoms with Crippen molar-refractivity contribution in [1.29, 1.82) is 0 Å². The zero-order valence-corrected chi connectivity index (χ0v) is 75.1. The third-order valence-electron chi connectivity index (χ3n) is 23.5. The van der Waals surface area contributed by atoms with E-state index in [0.29, 0.717) is 30.2 Å². The molecule has 0 amide bonds. The number of hydrogen-bond donors (Lipinski definition) is 3. The average molecular weight is 1830 g/mol. The first kappa shape index (κ1) is 86.4. The van der Waals surface area contributed by atoms with Gasteiger partial charge < -0.3 is 43.5 Å². The van der Waals surface area contributed by atoms with E-state index in [0.717, 1.165) is 235 Å². The Morgan fingerprint density at radius 3 is 1.26 bits per heavy atom. The second-order valence-electron chi connectivity index (χ2n) is 31.9. The van der Waals surface area contributed by atoms with Crippen LogP contribution in [0.3, 0.4) is 0 Å². The van der Waals surface area contributed by atoms with Gasteiger partial charge in [0, 0.05) is 183 Å². The van der Waals surface area contributed by atoms with Gasteiger partial charge >= 0.3 is 0 Å². The summed E-state index contributed by atoms with van der Waals surface area (Å²) < 4.78 is 45.3. The SMILES string of the molecule is CN(C)c1ccc(-c2cnc3[nH]cc(N4CCOCC4)c3c2)cc1.c1ccc(SOOn2cc(-c3cn[nH]c3)c3cc(-c4ccc5c(c4)CCO5)cnc32)cc1.c1ccc(SOOn2cc(-c3cn[nH]c3)c3cc(N4CCOCC4)cnc32)cc1.c1ccc(SOOn2cc(-c3cnn(C(c4ccccc4)(c4ccccc4)c4ccccc4)c3)c3cc(N4CCOCC4)cnc32)cc1. The molecule has 8 aromatic carbocycles. The maximum Gasteiger partial charge on any atom is 0.179 e. The molecule has 3 fully saturated rings. The highest BCUT2D eigenvalue weighted by atomic mass is 32.2. The van der Waals surface area contributed by atoms with Crippen LogP contribution in [0.5, 0.6) is 5.75 Å². The molecule has 0 atom stereocenters. The minimum atomic E-state index is -0.733. The number of anilines is 4. The Kier molecular flexibility index (Phi) is 26.5. The highest BCUT2D eigenvalue weighted by Crippen LogP contribution is 2.44. The molecule has 11 aromatic heterocycles. The molecule has 0 saturated carbocycles. The molecule has 668 valence electrons. The maximum atomic E-state index is 5.85. The van der Waals surface area contributed by atoms with E-state index in [1.165, 1.54) is 37.3 Å². The van der Waals surface area contributed by atoms with E-state index in [-0.39, 0.29) is 0 Å². The average Bonchev–Trinajstić information content (AvgIpc) is 1.70. The standard InChI is InChI=1S/C39H33N5O3S.C24H18N4O3S.C20H19N5O3S.C19H22N4O/c1-5-13-31(14-6-1)39(32-15-7-2-8-16-32,33-17-9-3-10-18-33)44-28-30(26-41-44)37-29-43(46-47-48-35-19-11-4-12-20-35)38-36(37)25-34(27-40-38)42-21-23-45-24-22-42;1-2-4-20(5-3-1)32-31-30-28-15-22(19-13-26-27-14-19)21-11-18(12-25-24(21)28)16-6-7-23-17(10-16)8-9-29-23;1-2-4-17(5-3-1)29-28-27-25-14-19(15-11-22-23-12-15)18-10-16(13-21-20(18)25)24-6-8-26-9-7-24;1-22(2)16-5-3-14(4-6-16)15-11-17-18(13-21-19(17)20-12-15)23-7-9-24-10-8-23/h1-20,25-29H,21-24H2;1-7,10-15H,8-9H2,(H,26,27);1-5,10-14H,6-9H2,(H,22,23);3-6,11-13H,7-10H2,1-2H3,(H,20,21). The van der Waals surface area contributed by atoms with Crippen molar-refractivity contribution in [2.45, 2.75) is 26.6 Å². The number of hydrogen-bond acceptors (Lipinski definition) is 24. The van der Waals surface area contributed by atoms with Crippen LogP contribution in [0, 0.1) is 0 Å². The first-order chi connectivity index (χ1) is 65.8. The second kappa shape index (κ2) is 40.8. The number of morpholine rings is 3. The molecule has 4 aliphatic heterocycles. The van der Waals surface area contributed by atoms with Gasteiger partial charge in [-0.25, -0.2) is 34.9 Å². The van der Waals surface area contributed by atoms with Gasteiger partial charge in [0.05, 0.1) is 149 Å². The largest absolute Gasteiger partial charge is 0.493 e. The summed E-state index contributed by atoms with van der Waals surface area (Å²) in [6.07, 6.45) is 27.4. The lowest BCUT2D eigenvalue weighted by Crippen LogP contribution is -2.38. The summed E-state index contributed by atoms with van der Waals surface area (Å²) in [5.41, 5.74) is 21.3. The van der Waals surface area contributed by atoms with Crippen molar-refractivity contribution in [2.24, 2.45) is 0 Å². The van der Waals surface area contributed by atoms with E-state index in [9.17, 15) is 0 Å². The number of benzene rings is 8. The van der Waals surface area contributed by atoms with E-state index >= 15 is 0 Å². The predicted octanol–water partition coefficient (Wildman–Crippen LogP) is 19.2. The zero-order valence-electron chi connectivity index (χ0n) is 72.7. The molecular weight excluding hydrogens is 1730 g/mol. The smallest absolute Gasteiger partial charge is 0.179 e. The molecule has 4 aliphatic rings. The van der Waals surface area contributed by atoms with Crippen LogP contribution in [0.15, 0.2) is 350 Å². The molecule has 0 spiro atoms.